The maximum absolute atomic E-state index is 5.93. The minimum atomic E-state index is 0.721. The van der Waals surface area contributed by atoms with Crippen LogP contribution in [0.5, 0.6) is 0 Å². The number of nitrogen functional groups attached to an aromatic ring is 1. The fourth-order valence-corrected chi connectivity index (χ4v) is 2.08. The second kappa shape index (κ2) is 4.98. The molecule has 19 heavy (non-hydrogen) atoms. The van der Waals surface area contributed by atoms with Gasteiger partial charge in [-0.25, -0.2) is 0 Å². The van der Waals surface area contributed by atoms with Crippen molar-refractivity contribution >= 4 is 22.3 Å². The smallest absolute Gasteiger partial charge is 0.0703 e. The van der Waals surface area contributed by atoms with Gasteiger partial charge in [0.15, 0.2) is 0 Å². The van der Waals surface area contributed by atoms with E-state index in [1.165, 1.54) is 0 Å². The van der Waals surface area contributed by atoms with E-state index in [0.717, 1.165) is 34.4 Å². The average molecular weight is 249 g/mol. The summed E-state index contributed by atoms with van der Waals surface area (Å²) in [6.07, 6.45) is 1.81. The lowest BCUT2D eigenvalue weighted by Crippen LogP contribution is -2.02. The molecule has 0 aliphatic rings. The molecule has 2 aromatic carbocycles. The van der Waals surface area contributed by atoms with Gasteiger partial charge in [-0.05, 0) is 35.9 Å². The maximum atomic E-state index is 5.93. The molecule has 0 amide bonds. The Morgan fingerprint density at radius 1 is 1.00 bits per heavy atom. The predicted molar refractivity (Wildman–Crippen MR) is 79.9 cm³/mol. The highest BCUT2D eigenvalue weighted by Gasteiger charge is 1.99. The van der Waals surface area contributed by atoms with Gasteiger partial charge in [-0.3, -0.25) is 4.98 Å². The molecule has 0 saturated heterocycles. The van der Waals surface area contributed by atoms with E-state index in [2.05, 4.69) is 22.4 Å². The van der Waals surface area contributed by atoms with Gasteiger partial charge in [0.05, 0.1) is 5.52 Å². The molecular formula is C16H15N3. The molecule has 3 aromatic rings. The number of rotatable bonds is 3. The molecular weight excluding hydrogens is 234 g/mol. The molecule has 0 bridgehead atoms. The van der Waals surface area contributed by atoms with Gasteiger partial charge in [-0.15, -0.1) is 0 Å². The van der Waals surface area contributed by atoms with E-state index < -0.39 is 0 Å². The lowest BCUT2D eigenvalue weighted by atomic mass is 10.1. The van der Waals surface area contributed by atoms with Crippen molar-refractivity contribution in [3.63, 3.8) is 0 Å². The number of hydrogen-bond donors (Lipinski definition) is 2. The zero-order valence-electron chi connectivity index (χ0n) is 10.5. The van der Waals surface area contributed by atoms with Crippen molar-refractivity contribution in [1.82, 2.24) is 4.98 Å². The third-order valence-electron chi connectivity index (χ3n) is 3.14. The van der Waals surface area contributed by atoms with Crippen LogP contribution in [0.25, 0.3) is 10.9 Å². The molecule has 94 valence electrons. The number of para-hydroxylation sites is 1. The lowest BCUT2D eigenvalue weighted by molar-refractivity contribution is 1.15. The number of fused-ring (bicyclic) bond motifs is 1. The predicted octanol–water partition coefficient (Wildman–Crippen LogP) is 3.43. The fourth-order valence-electron chi connectivity index (χ4n) is 2.08. The monoisotopic (exact) mass is 249 g/mol. The molecule has 0 fully saturated rings. The van der Waals surface area contributed by atoms with Crippen LogP contribution < -0.4 is 11.1 Å². The first-order valence-electron chi connectivity index (χ1n) is 6.25. The van der Waals surface area contributed by atoms with Gasteiger partial charge < -0.3 is 11.1 Å². The highest BCUT2D eigenvalue weighted by atomic mass is 14.9. The minimum absolute atomic E-state index is 0.721. The van der Waals surface area contributed by atoms with E-state index in [9.17, 15) is 0 Å². The van der Waals surface area contributed by atoms with Crippen molar-refractivity contribution in [3.8, 4) is 0 Å². The van der Waals surface area contributed by atoms with Gasteiger partial charge in [0.2, 0.25) is 0 Å². The summed E-state index contributed by atoms with van der Waals surface area (Å²) >= 11 is 0. The number of nitrogens with two attached hydrogens (primary N) is 1. The third kappa shape index (κ3) is 2.50. The second-order valence-electron chi connectivity index (χ2n) is 4.46. The first-order chi connectivity index (χ1) is 9.33. The van der Waals surface area contributed by atoms with Gasteiger partial charge >= 0.3 is 0 Å². The first kappa shape index (κ1) is 11.5. The number of nitrogens with one attached hydrogen (secondary N) is 1. The lowest BCUT2D eigenvalue weighted by Gasteiger charge is -2.09. The number of benzene rings is 2. The quantitative estimate of drug-likeness (QED) is 0.699. The van der Waals surface area contributed by atoms with Crippen molar-refractivity contribution in [1.29, 1.82) is 0 Å². The molecule has 3 heteroatoms. The highest BCUT2D eigenvalue weighted by molar-refractivity contribution is 5.82. The molecule has 3 rings (SSSR count). The molecule has 3 nitrogen and oxygen atoms in total. The number of anilines is 2. The van der Waals surface area contributed by atoms with Crippen LogP contribution >= 0.6 is 0 Å². The van der Waals surface area contributed by atoms with Crippen LogP contribution in [0, 0.1) is 0 Å². The second-order valence-corrected chi connectivity index (χ2v) is 4.46. The summed E-state index contributed by atoms with van der Waals surface area (Å²) in [7, 11) is 0. The molecule has 1 heterocycles. The van der Waals surface area contributed by atoms with Crippen LogP contribution in [0.1, 0.15) is 5.56 Å². The normalized spacial score (nSPS) is 10.5. The van der Waals surface area contributed by atoms with E-state index in [0.29, 0.717) is 0 Å². The van der Waals surface area contributed by atoms with Gasteiger partial charge in [0.1, 0.15) is 0 Å². The zero-order chi connectivity index (χ0) is 13.1. The van der Waals surface area contributed by atoms with Crippen LogP contribution in [0.2, 0.25) is 0 Å². The van der Waals surface area contributed by atoms with Crippen molar-refractivity contribution in [2.45, 2.75) is 6.54 Å². The third-order valence-corrected chi connectivity index (χ3v) is 3.14. The van der Waals surface area contributed by atoms with E-state index >= 15 is 0 Å². The maximum Gasteiger partial charge on any atom is 0.0703 e. The SMILES string of the molecule is Nc1ccccc1CNc1ccc2ncccc2c1. The Morgan fingerprint density at radius 3 is 2.79 bits per heavy atom. The topological polar surface area (TPSA) is 50.9 Å². The Balaban J connectivity index is 1.80. The minimum Gasteiger partial charge on any atom is -0.398 e. The van der Waals surface area contributed by atoms with E-state index in [1.54, 1.807) is 6.20 Å². The molecule has 0 saturated carbocycles. The Morgan fingerprint density at radius 2 is 1.89 bits per heavy atom. The summed E-state index contributed by atoms with van der Waals surface area (Å²) in [5, 5.41) is 4.52. The summed E-state index contributed by atoms with van der Waals surface area (Å²) in [5.41, 5.74) is 9.93. The van der Waals surface area contributed by atoms with Gasteiger partial charge in [0, 0.05) is 29.5 Å². The Bertz CT molecular complexity index is 707. The molecule has 0 radical (unpaired) electrons. The summed E-state index contributed by atoms with van der Waals surface area (Å²) in [6.45, 7) is 0.721. The van der Waals surface area contributed by atoms with E-state index in [4.69, 9.17) is 5.73 Å². The largest absolute Gasteiger partial charge is 0.398 e. The van der Waals surface area contributed by atoms with Crippen LogP contribution in [0.4, 0.5) is 11.4 Å². The summed E-state index contributed by atoms with van der Waals surface area (Å²) in [5.74, 6) is 0. The number of pyridine rings is 1. The standard InChI is InChI=1S/C16H15N3/c17-15-6-2-1-4-13(15)11-19-14-7-8-16-12(10-14)5-3-9-18-16/h1-10,19H,11,17H2. The molecule has 3 N–H and O–H groups in total. The summed E-state index contributed by atoms with van der Waals surface area (Å²) in [4.78, 5) is 4.31. The van der Waals surface area contributed by atoms with Crippen LogP contribution in [-0.4, -0.2) is 4.98 Å². The van der Waals surface area contributed by atoms with Crippen LogP contribution in [0.15, 0.2) is 60.8 Å². The molecule has 0 atom stereocenters. The van der Waals surface area contributed by atoms with Crippen LogP contribution in [0.3, 0.4) is 0 Å². The first-order valence-corrected chi connectivity index (χ1v) is 6.25. The number of nitrogens with zero attached hydrogens (tertiary/aromatic N) is 1. The van der Waals surface area contributed by atoms with Gasteiger partial charge in [0.25, 0.3) is 0 Å². The van der Waals surface area contributed by atoms with E-state index in [1.807, 2.05) is 42.5 Å². The van der Waals surface area contributed by atoms with Crippen molar-refractivity contribution in [3.05, 3.63) is 66.4 Å². The van der Waals surface area contributed by atoms with Crippen molar-refractivity contribution in [2.24, 2.45) is 0 Å². The molecule has 0 unspecified atom stereocenters. The van der Waals surface area contributed by atoms with Gasteiger partial charge in [-0.1, -0.05) is 24.3 Å². The van der Waals surface area contributed by atoms with Crippen LogP contribution in [-0.2, 0) is 6.54 Å². The summed E-state index contributed by atoms with van der Waals surface area (Å²) in [6, 6.07) is 18.1. The van der Waals surface area contributed by atoms with Crippen molar-refractivity contribution < 1.29 is 0 Å². The highest BCUT2D eigenvalue weighted by Crippen LogP contribution is 2.18. The molecule has 0 aliphatic heterocycles. The average Bonchev–Trinajstić information content (AvgIpc) is 2.46. The van der Waals surface area contributed by atoms with Crippen molar-refractivity contribution in [2.75, 3.05) is 11.1 Å². The fraction of sp³-hybridized carbons (Fsp3) is 0.0625. The van der Waals surface area contributed by atoms with E-state index in [-0.39, 0.29) is 0 Å². The number of hydrogen-bond acceptors (Lipinski definition) is 3. The summed E-state index contributed by atoms with van der Waals surface area (Å²) < 4.78 is 0. The Hall–Kier alpha value is -2.55. The van der Waals surface area contributed by atoms with Gasteiger partial charge in [-0.2, -0.15) is 0 Å². The molecule has 0 spiro atoms. The Labute approximate surface area is 112 Å². The number of aromatic nitrogens is 1. The zero-order valence-corrected chi connectivity index (χ0v) is 10.5. The molecule has 0 aliphatic carbocycles. The Kier molecular flexibility index (Phi) is 3.02. The molecule has 1 aromatic heterocycles.